The van der Waals surface area contributed by atoms with Crippen molar-refractivity contribution in [2.24, 2.45) is 0 Å². The third-order valence-corrected chi connectivity index (χ3v) is 4.55. The van der Waals surface area contributed by atoms with Crippen LogP contribution in [0.15, 0.2) is 23.1 Å². The van der Waals surface area contributed by atoms with Crippen molar-refractivity contribution in [3.63, 3.8) is 0 Å². The van der Waals surface area contributed by atoms with Gasteiger partial charge in [-0.15, -0.1) is 0 Å². The number of aliphatic hydroxyl groups is 1. The molecule has 0 aliphatic carbocycles. The molecule has 6 nitrogen and oxygen atoms in total. The van der Waals surface area contributed by atoms with E-state index in [0.29, 0.717) is 12.5 Å². The van der Waals surface area contributed by atoms with Crippen LogP contribution >= 0.6 is 0 Å². The highest BCUT2D eigenvalue weighted by atomic mass is 32.2. The Morgan fingerprint density at radius 3 is 2.45 bits per heavy atom. The molecule has 0 aliphatic rings. The number of rotatable bonds is 7. The van der Waals surface area contributed by atoms with Gasteiger partial charge in [0, 0.05) is 13.1 Å². The third kappa shape index (κ3) is 3.53. The molecule has 0 radical (unpaired) electrons. The summed E-state index contributed by atoms with van der Waals surface area (Å²) in [5.41, 5.74) is -0.328. The maximum atomic E-state index is 13.8. The fraction of sp³-hybridized carbons (Fsp3) is 0.417. The number of hydrogen-bond donors (Lipinski definition) is 2. The van der Waals surface area contributed by atoms with Crippen LogP contribution in [0.3, 0.4) is 0 Å². The monoisotopic (exact) mass is 305 g/mol. The van der Waals surface area contributed by atoms with Gasteiger partial charge in [-0.1, -0.05) is 6.92 Å². The Labute approximate surface area is 116 Å². The van der Waals surface area contributed by atoms with Crippen LogP contribution in [-0.2, 0) is 10.0 Å². The van der Waals surface area contributed by atoms with Gasteiger partial charge >= 0.3 is 5.97 Å². The normalized spacial score (nSPS) is 11.8. The van der Waals surface area contributed by atoms with Gasteiger partial charge in [-0.3, -0.25) is 0 Å². The summed E-state index contributed by atoms with van der Waals surface area (Å²) in [5, 5.41) is 17.6. The number of hydrogen-bond acceptors (Lipinski definition) is 4. The lowest BCUT2D eigenvalue weighted by molar-refractivity contribution is 0.0696. The Kier molecular flexibility index (Phi) is 5.61. The third-order valence-electron chi connectivity index (χ3n) is 2.62. The quantitative estimate of drug-likeness (QED) is 0.781. The minimum atomic E-state index is -4.09. The minimum Gasteiger partial charge on any atom is -0.478 e. The molecule has 0 saturated carbocycles. The van der Waals surface area contributed by atoms with E-state index >= 15 is 0 Å². The Bertz CT molecular complexity index is 582. The Balaban J connectivity index is 3.23. The van der Waals surface area contributed by atoms with E-state index in [2.05, 4.69) is 0 Å². The molecular weight excluding hydrogens is 289 g/mol. The van der Waals surface area contributed by atoms with Crippen LogP contribution in [-0.4, -0.2) is 48.6 Å². The van der Waals surface area contributed by atoms with Gasteiger partial charge in [0.2, 0.25) is 10.0 Å². The van der Waals surface area contributed by atoms with Gasteiger partial charge in [0.15, 0.2) is 0 Å². The summed E-state index contributed by atoms with van der Waals surface area (Å²) in [4.78, 5) is 10.1. The first-order valence-corrected chi connectivity index (χ1v) is 7.42. The van der Waals surface area contributed by atoms with E-state index < -0.39 is 26.7 Å². The summed E-state index contributed by atoms with van der Waals surface area (Å²) >= 11 is 0. The van der Waals surface area contributed by atoms with E-state index in [9.17, 15) is 17.6 Å². The molecule has 0 amide bonds. The molecule has 0 spiro atoms. The SMILES string of the molecule is CCCN(CCO)S(=O)(=O)c1ccc(C(=O)O)cc1F. The van der Waals surface area contributed by atoms with Gasteiger partial charge in [0.05, 0.1) is 12.2 Å². The van der Waals surface area contributed by atoms with Crippen molar-refractivity contribution in [3.05, 3.63) is 29.6 Å². The molecule has 0 saturated heterocycles. The predicted molar refractivity (Wildman–Crippen MR) is 69.5 cm³/mol. The molecule has 0 aliphatic heterocycles. The Morgan fingerprint density at radius 2 is 2.00 bits per heavy atom. The number of carboxylic acid groups (broad SMARTS) is 1. The molecule has 20 heavy (non-hydrogen) atoms. The topological polar surface area (TPSA) is 94.9 Å². The summed E-state index contributed by atoms with van der Waals surface area (Å²) < 4.78 is 39.3. The van der Waals surface area contributed by atoms with E-state index in [1.807, 2.05) is 0 Å². The molecule has 0 bridgehead atoms. The second-order valence-electron chi connectivity index (χ2n) is 4.08. The van der Waals surface area contributed by atoms with Crippen molar-refractivity contribution in [3.8, 4) is 0 Å². The summed E-state index contributed by atoms with van der Waals surface area (Å²) in [6.45, 7) is 1.37. The number of sulfonamides is 1. The summed E-state index contributed by atoms with van der Waals surface area (Å²) in [6, 6.07) is 2.62. The van der Waals surface area contributed by atoms with Crippen molar-refractivity contribution in [1.29, 1.82) is 0 Å². The number of halogens is 1. The van der Waals surface area contributed by atoms with Crippen LogP contribution < -0.4 is 0 Å². The van der Waals surface area contributed by atoms with E-state index in [1.54, 1.807) is 6.92 Å². The van der Waals surface area contributed by atoms with Gasteiger partial charge < -0.3 is 10.2 Å². The number of nitrogens with zero attached hydrogens (tertiary/aromatic N) is 1. The summed E-state index contributed by atoms with van der Waals surface area (Å²) in [6.07, 6.45) is 0.508. The first-order valence-electron chi connectivity index (χ1n) is 5.98. The lowest BCUT2D eigenvalue weighted by Gasteiger charge is -2.20. The van der Waals surface area contributed by atoms with Gasteiger partial charge in [-0.2, -0.15) is 4.31 Å². The number of carboxylic acids is 1. The molecule has 0 unspecified atom stereocenters. The lowest BCUT2D eigenvalue weighted by Crippen LogP contribution is -2.34. The van der Waals surface area contributed by atoms with Gasteiger partial charge in [0.25, 0.3) is 0 Å². The molecule has 2 N–H and O–H groups in total. The molecular formula is C12H16FNO5S. The zero-order chi connectivity index (χ0) is 15.3. The number of carbonyl (C=O) groups is 1. The molecule has 8 heteroatoms. The smallest absolute Gasteiger partial charge is 0.335 e. The molecule has 1 aromatic rings. The van der Waals surface area contributed by atoms with Crippen LogP contribution in [0.25, 0.3) is 0 Å². The van der Waals surface area contributed by atoms with Crippen LogP contribution in [0.2, 0.25) is 0 Å². The van der Waals surface area contributed by atoms with Crippen LogP contribution in [0.4, 0.5) is 4.39 Å². The van der Waals surface area contributed by atoms with Crippen LogP contribution in [0.1, 0.15) is 23.7 Å². The first kappa shape index (κ1) is 16.5. The van der Waals surface area contributed by atoms with Gasteiger partial charge in [0.1, 0.15) is 10.7 Å². The zero-order valence-corrected chi connectivity index (χ0v) is 11.7. The van der Waals surface area contributed by atoms with Crippen molar-refractivity contribution in [2.45, 2.75) is 18.2 Å². The minimum absolute atomic E-state index is 0.142. The molecule has 0 aromatic heterocycles. The second-order valence-corrected chi connectivity index (χ2v) is 5.98. The number of aromatic carboxylic acids is 1. The van der Waals surface area contributed by atoms with E-state index in [1.165, 1.54) is 0 Å². The van der Waals surface area contributed by atoms with Crippen molar-refractivity contribution in [1.82, 2.24) is 4.31 Å². The predicted octanol–water partition coefficient (Wildman–Crippen LogP) is 0.917. The molecule has 0 fully saturated rings. The average molecular weight is 305 g/mol. The summed E-state index contributed by atoms with van der Waals surface area (Å²) in [7, 11) is -4.09. The average Bonchev–Trinajstić information content (AvgIpc) is 2.37. The zero-order valence-electron chi connectivity index (χ0n) is 10.9. The van der Waals surface area contributed by atoms with Crippen molar-refractivity contribution < 1.29 is 27.8 Å². The van der Waals surface area contributed by atoms with Gasteiger partial charge in [-0.05, 0) is 24.6 Å². The molecule has 112 valence electrons. The highest BCUT2D eigenvalue weighted by molar-refractivity contribution is 7.89. The Morgan fingerprint density at radius 1 is 1.35 bits per heavy atom. The molecule has 1 aromatic carbocycles. The lowest BCUT2D eigenvalue weighted by atomic mass is 10.2. The molecule has 1 rings (SSSR count). The second kappa shape index (κ2) is 6.78. The molecule has 0 heterocycles. The van der Waals surface area contributed by atoms with E-state index in [-0.39, 0.29) is 25.3 Å². The standard InChI is InChI=1S/C12H16FNO5S/c1-2-5-14(6-7-15)20(18,19)11-4-3-9(12(16)17)8-10(11)13/h3-4,8,15H,2,5-7H2,1H3,(H,16,17). The van der Waals surface area contributed by atoms with E-state index in [4.69, 9.17) is 10.2 Å². The fourth-order valence-corrected chi connectivity index (χ4v) is 3.26. The maximum Gasteiger partial charge on any atom is 0.335 e. The van der Waals surface area contributed by atoms with Crippen molar-refractivity contribution in [2.75, 3.05) is 19.7 Å². The molecule has 0 atom stereocenters. The maximum absolute atomic E-state index is 13.8. The van der Waals surface area contributed by atoms with E-state index in [0.717, 1.165) is 16.4 Å². The van der Waals surface area contributed by atoms with Crippen LogP contribution in [0.5, 0.6) is 0 Å². The number of benzene rings is 1. The first-order chi connectivity index (χ1) is 9.34. The Hall–Kier alpha value is -1.51. The summed E-state index contributed by atoms with van der Waals surface area (Å²) in [5.74, 6) is -2.46. The highest BCUT2D eigenvalue weighted by Gasteiger charge is 2.27. The number of aliphatic hydroxyl groups excluding tert-OH is 1. The van der Waals surface area contributed by atoms with Gasteiger partial charge in [-0.25, -0.2) is 17.6 Å². The van der Waals surface area contributed by atoms with Crippen LogP contribution in [0, 0.1) is 5.82 Å². The fourth-order valence-electron chi connectivity index (χ4n) is 1.70. The largest absolute Gasteiger partial charge is 0.478 e. The van der Waals surface area contributed by atoms with Crippen molar-refractivity contribution >= 4 is 16.0 Å². The highest BCUT2D eigenvalue weighted by Crippen LogP contribution is 2.20.